The molecule has 0 aromatic carbocycles. The fourth-order valence-corrected chi connectivity index (χ4v) is 0.151. The van der Waals surface area contributed by atoms with E-state index in [1.54, 1.807) is 7.05 Å². The standard InChI is InChI=1S/C3H7NO2.H2O/c1-4-2-3(5)6;/h4H,2H2,1H3,(H,5,6);1H2. The Labute approximate surface area is 41.5 Å². The van der Waals surface area contributed by atoms with Crippen LogP contribution in [0.15, 0.2) is 0 Å². The summed E-state index contributed by atoms with van der Waals surface area (Å²) in [6.07, 6.45) is 0. The topological polar surface area (TPSA) is 80.8 Å². The highest BCUT2D eigenvalue weighted by Gasteiger charge is 1.86. The smallest absolute Gasteiger partial charge is 0.317 e. The molecule has 0 radical (unpaired) electrons. The average molecular weight is 107 g/mol. The van der Waals surface area contributed by atoms with Crippen molar-refractivity contribution in [3.05, 3.63) is 0 Å². The normalized spacial score (nSPS) is 7.00. The highest BCUT2D eigenvalue weighted by Crippen LogP contribution is 1.50. The van der Waals surface area contributed by atoms with Crippen LogP contribution >= 0.6 is 0 Å². The molecule has 0 spiro atoms. The van der Waals surface area contributed by atoms with Crippen molar-refractivity contribution in [2.75, 3.05) is 13.6 Å². The summed E-state index contributed by atoms with van der Waals surface area (Å²) in [5.41, 5.74) is 0. The van der Waals surface area contributed by atoms with E-state index in [4.69, 9.17) is 5.11 Å². The maximum absolute atomic E-state index is 9.54. The molecule has 4 nitrogen and oxygen atoms in total. The van der Waals surface area contributed by atoms with E-state index >= 15 is 0 Å². The van der Waals surface area contributed by atoms with E-state index in [0.717, 1.165) is 0 Å². The van der Waals surface area contributed by atoms with E-state index in [1.165, 1.54) is 0 Å². The summed E-state index contributed by atoms with van der Waals surface area (Å²) in [6, 6.07) is 0. The van der Waals surface area contributed by atoms with Crippen LogP contribution in [0.1, 0.15) is 0 Å². The molecule has 0 saturated heterocycles. The fraction of sp³-hybridized carbons (Fsp3) is 0.667. The lowest BCUT2D eigenvalue weighted by atomic mass is 10.7. The Balaban J connectivity index is 0. The molecule has 4 N–H and O–H groups in total. The predicted molar refractivity (Wildman–Crippen MR) is 25.2 cm³/mol. The molecular weight excluding hydrogens is 98.0 g/mol. The summed E-state index contributed by atoms with van der Waals surface area (Å²) in [4.78, 5) is 9.54. The molecule has 0 rings (SSSR count). The molecule has 0 aliphatic heterocycles. The fourth-order valence-electron chi connectivity index (χ4n) is 0.151. The van der Waals surface area contributed by atoms with Gasteiger partial charge in [0.2, 0.25) is 0 Å². The van der Waals surface area contributed by atoms with Gasteiger partial charge < -0.3 is 15.9 Å². The first kappa shape index (κ1) is 9.63. The summed E-state index contributed by atoms with van der Waals surface area (Å²) in [7, 11) is 1.59. The summed E-state index contributed by atoms with van der Waals surface area (Å²) in [6.45, 7) is 0.0417. The van der Waals surface area contributed by atoms with Crippen molar-refractivity contribution in [1.29, 1.82) is 0 Å². The van der Waals surface area contributed by atoms with Gasteiger partial charge in [-0.3, -0.25) is 4.79 Å². The lowest BCUT2D eigenvalue weighted by Crippen LogP contribution is -2.16. The molecule has 0 unspecified atom stereocenters. The highest BCUT2D eigenvalue weighted by molar-refractivity contribution is 5.68. The number of likely N-dealkylation sites (N-methyl/N-ethyl adjacent to an activating group) is 1. The molecule has 0 fully saturated rings. The molecule has 7 heavy (non-hydrogen) atoms. The van der Waals surface area contributed by atoms with Crippen molar-refractivity contribution in [3.8, 4) is 0 Å². The predicted octanol–water partition coefficient (Wildman–Crippen LogP) is -1.53. The van der Waals surface area contributed by atoms with Crippen LogP contribution < -0.4 is 5.32 Å². The summed E-state index contributed by atoms with van der Waals surface area (Å²) in [5.74, 6) is -0.822. The average Bonchev–Trinajstić information content (AvgIpc) is 1.35. The number of carboxylic acids is 1. The zero-order chi connectivity index (χ0) is 4.99. The number of hydrogen-bond donors (Lipinski definition) is 2. The van der Waals surface area contributed by atoms with Crippen LogP contribution in [-0.4, -0.2) is 30.1 Å². The molecule has 0 amide bonds. The molecule has 0 heterocycles. The second kappa shape index (κ2) is 5.39. The van der Waals surface area contributed by atoms with Crippen molar-refractivity contribution in [1.82, 2.24) is 5.32 Å². The van der Waals surface area contributed by atoms with Gasteiger partial charge in [-0.15, -0.1) is 0 Å². The zero-order valence-electron chi connectivity index (χ0n) is 4.06. The van der Waals surface area contributed by atoms with Crippen LogP contribution in [-0.2, 0) is 4.79 Å². The van der Waals surface area contributed by atoms with Crippen LogP contribution in [0.3, 0.4) is 0 Å². The highest BCUT2D eigenvalue weighted by atomic mass is 16.4. The molecule has 4 heteroatoms. The second-order valence-electron chi connectivity index (χ2n) is 0.924. The molecule has 0 aliphatic rings. The van der Waals surface area contributed by atoms with Crippen molar-refractivity contribution in [2.24, 2.45) is 0 Å². The number of nitrogens with one attached hydrogen (secondary N) is 1. The number of carboxylic acid groups (broad SMARTS) is 1. The van der Waals surface area contributed by atoms with Gasteiger partial charge in [0.15, 0.2) is 0 Å². The van der Waals surface area contributed by atoms with Crippen LogP contribution in [0.25, 0.3) is 0 Å². The van der Waals surface area contributed by atoms with Crippen LogP contribution in [0, 0.1) is 0 Å². The molecule has 44 valence electrons. The van der Waals surface area contributed by atoms with E-state index in [2.05, 4.69) is 5.32 Å². The Kier molecular flexibility index (Phi) is 7.42. The minimum atomic E-state index is -0.822. The number of aliphatic carboxylic acids is 1. The first-order valence-electron chi connectivity index (χ1n) is 1.63. The Morgan fingerprint density at radius 2 is 2.29 bits per heavy atom. The van der Waals surface area contributed by atoms with Crippen LogP contribution in [0.5, 0.6) is 0 Å². The molecule has 0 atom stereocenters. The van der Waals surface area contributed by atoms with Gasteiger partial charge in [-0.2, -0.15) is 0 Å². The van der Waals surface area contributed by atoms with Gasteiger partial charge >= 0.3 is 5.97 Å². The minimum absolute atomic E-state index is 0. The first-order valence-corrected chi connectivity index (χ1v) is 1.63. The molecule has 0 aromatic rings. The van der Waals surface area contributed by atoms with Crippen molar-refractivity contribution < 1.29 is 15.4 Å². The third-order valence-corrected chi connectivity index (χ3v) is 0.328. The Hall–Kier alpha value is -0.610. The molecule has 0 bridgehead atoms. The largest absolute Gasteiger partial charge is 0.480 e. The summed E-state index contributed by atoms with van der Waals surface area (Å²) in [5, 5.41) is 10.3. The third-order valence-electron chi connectivity index (χ3n) is 0.328. The van der Waals surface area contributed by atoms with E-state index in [1.807, 2.05) is 0 Å². The van der Waals surface area contributed by atoms with Gasteiger partial charge in [-0.1, -0.05) is 0 Å². The quantitative estimate of drug-likeness (QED) is 0.449. The minimum Gasteiger partial charge on any atom is -0.480 e. The van der Waals surface area contributed by atoms with E-state index in [-0.39, 0.29) is 12.0 Å². The van der Waals surface area contributed by atoms with Gasteiger partial charge in [0.25, 0.3) is 0 Å². The first-order chi connectivity index (χ1) is 2.77. The van der Waals surface area contributed by atoms with Crippen molar-refractivity contribution in [3.63, 3.8) is 0 Å². The number of carbonyl (C=O) groups is 1. The van der Waals surface area contributed by atoms with E-state index < -0.39 is 5.97 Å². The van der Waals surface area contributed by atoms with Crippen LogP contribution in [0.2, 0.25) is 0 Å². The monoisotopic (exact) mass is 107 g/mol. The zero-order valence-corrected chi connectivity index (χ0v) is 4.06. The lowest BCUT2D eigenvalue weighted by molar-refractivity contribution is -0.135. The van der Waals surface area contributed by atoms with Crippen molar-refractivity contribution >= 4 is 5.97 Å². The van der Waals surface area contributed by atoms with Crippen LogP contribution in [0.4, 0.5) is 0 Å². The Morgan fingerprint density at radius 3 is 2.29 bits per heavy atom. The second-order valence-corrected chi connectivity index (χ2v) is 0.924. The van der Waals surface area contributed by atoms with Gasteiger partial charge in [0.05, 0.1) is 6.54 Å². The molecule has 0 aromatic heterocycles. The molecule has 0 saturated carbocycles. The Morgan fingerprint density at radius 1 is 1.86 bits per heavy atom. The van der Waals surface area contributed by atoms with E-state index in [0.29, 0.717) is 0 Å². The molecule has 0 aliphatic carbocycles. The van der Waals surface area contributed by atoms with Gasteiger partial charge in [0, 0.05) is 0 Å². The summed E-state index contributed by atoms with van der Waals surface area (Å²) >= 11 is 0. The van der Waals surface area contributed by atoms with Gasteiger partial charge in [0.1, 0.15) is 0 Å². The number of rotatable bonds is 2. The SMILES string of the molecule is CNCC(=O)O.O. The maximum atomic E-state index is 9.54. The van der Waals surface area contributed by atoms with Crippen molar-refractivity contribution in [2.45, 2.75) is 0 Å². The third kappa shape index (κ3) is 10.8. The Bertz CT molecular complexity index is 54.1. The summed E-state index contributed by atoms with van der Waals surface area (Å²) < 4.78 is 0. The molecular formula is C3H9NO3. The van der Waals surface area contributed by atoms with E-state index in [9.17, 15) is 4.79 Å². The van der Waals surface area contributed by atoms with Gasteiger partial charge in [-0.05, 0) is 7.05 Å². The maximum Gasteiger partial charge on any atom is 0.317 e. The number of hydrogen-bond acceptors (Lipinski definition) is 2. The van der Waals surface area contributed by atoms with Gasteiger partial charge in [-0.25, -0.2) is 0 Å². The lowest BCUT2D eigenvalue weighted by Gasteiger charge is -1.84.